The second kappa shape index (κ2) is 8.92. The fourth-order valence-corrected chi connectivity index (χ4v) is 4.67. The molecule has 2 fully saturated rings. The molecule has 1 aromatic carbocycles. The van der Waals surface area contributed by atoms with Gasteiger partial charge in [0.05, 0.1) is 5.69 Å². The van der Waals surface area contributed by atoms with E-state index in [0.717, 1.165) is 53.5 Å². The molecule has 1 saturated carbocycles. The molecule has 2 aliphatic rings. The van der Waals surface area contributed by atoms with Crippen molar-refractivity contribution in [2.45, 2.75) is 56.9 Å². The van der Waals surface area contributed by atoms with Gasteiger partial charge in [-0.25, -0.2) is 0 Å². The topological polar surface area (TPSA) is 55.3 Å². The monoisotopic (exact) mass is 397 g/mol. The summed E-state index contributed by atoms with van der Waals surface area (Å²) in [6.45, 7) is 3.55. The first-order valence-electron chi connectivity index (χ1n) is 9.72. The maximum atomic E-state index is 6.15. The molecule has 1 aromatic heterocycles. The molecule has 0 atom stereocenters. The first kappa shape index (κ1) is 19.9. The van der Waals surface area contributed by atoms with E-state index in [1.54, 1.807) is 0 Å². The molecular formula is C20H29Cl2N3O. The summed E-state index contributed by atoms with van der Waals surface area (Å²) >= 11 is 6.15. The van der Waals surface area contributed by atoms with Crippen LogP contribution in [0.4, 0.5) is 0 Å². The molecule has 0 spiro atoms. The highest BCUT2D eigenvalue weighted by atomic mass is 35.5. The zero-order chi connectivity index (χ0) is 17.2. The van der Waals surface area contributed by atoms with Crippen LogP contribution < -0.4 is 5.73 Å². The van der Waals surface area contributed by atoms with Gasteiger partial charge in [-0.15, -0.1) is 12.4 Å². The number of hydrogen-bond acceptors (Lipinski definition) is 4. The van der Waals surface area contributed by atoms with Crippen molar-refractivity contribution in [3.05, 3.63) is 28.9 Å². The van der Waals surface area contributed by atoms with Crippen LogP contribution in [0.25, 0.3) is 11.0 Å². The average Bonchev–Trinajstić information content (AvgIpc) is 3.05. The third-order valence-electron chi connectivity index (χ3n) is 6.18. The van der Waals surface area contributed by atoms with Gasteiger partial charge < -0.3 is 15.2 Å². The van der Waals surface area contributed by atoms with Gasteiger partial charge in [-0.3, -0.25) is 0 Å². The van der Waals surface area contributed by atoms with E-state index >= 15 is 0 Å². The van der Waals surface area contributed by atoms with E-state index < -0.39 is 0 Å². The summed E-state index contributed by atoms with van der Waals surface area (Å²) in [6.07, 6.45) is 8.73. The highest BCUT2D eigenvalue weighted by Crippen LogP contribution is 2.34. The fraction of sp³-hybridized carbons (Fsp3) is 0.650. The molecule has 0 unspecified atom stereocenters. The number of fused-ring (bicyclic) bond motifs is 1. The summed E-state index contributed by atoms with van der Waals surface area (Å²) in [5, 5.41) is 6.19. The van der Waals surface area contributed by atoms with Gasteiger partial charge in [0, 0.05) is 22.4 Å². The lowest BCUT2D eigenvalue weighted by Gasteiger charge is -2.33. The highest BCUT2D eigenvalue weighted by molar-refractivity contribution is 6.31. The number of halogens is 2. The third kappa shape index (κ3) is 4.53. The van der Waals surface area contributed by atoms with Gasteiger partial charge in [0.2, 0.25) is 0 Å². The van der Waals surface area contributed by atoms with Crippen molar-refractivity contribution in [1.29, 1.82) is 0 Å². The number of likely N-dealkylation sites (tertiary alicyclic amines) is 1. The molecule has 0 amide bonds. The fourth-order valence-electron chi connectivity index (χ4n) is 4.50. The standard InChI is InChI=1S/C20H28ClN3O.ClH/c21-16-3-6-19-18(13-16)20(23-25-19)15-8-11-24(12-9-15)10-7-14-1-4-17(22)5-2-14;/h3,6,13-15,17H,1-2,4-5,7-12,22H2;1H/t14-,17-;. The largest absolute Gasteiger partial charge is 0.356 e. The Morgan fingerprint density at radius 1 is 1.12 bits per heavy atom. The summed E-state index contributed by atoms with van der Waals surface area (Å²) in [7, 11) is 0. The number of nitrogens with two attached hydrogens (primary N) is 1. The number of piperidine rings is 1. The number of benzene rings is 1. The van der Waals surface area contributed by atoms with Crippen LogP contribution in [0.1, 0.15) is 56.6 Å². The molecule has 0 radical (unpaired) electrons. The van der Waals surface area contributed by atoms with Crippen molar-refractivity contribution in [1.82, 2.24) is 10.1 Å². The Kier molecular flexibility index (Phi) is 6.84. The Morgan fingerprint density at radius 2 is 1.85 bits per heavy atom. The Labute approximate surface area is 166 Å². The van der Waals surface area contributed by atoms with Crippen molar-refractivity contribution in [2.24, 2.45) is 11.7 Å². The van der Waals surface area contributed by atoms with Crippen LogP contribution in [-0.4, -0.2) is 35.7 Å². The SMILES string of the molecule is Cl.N[C@H]1CC[C@H](CCN2CCC(c3noc4ccc(Cl)cc34)CC2)CC1. The Balaban J connectivity index is 0.00000196. The Bertz CT molecular complexity index is 704. The van der Waals surface area contributed by atoms with Crippen LogP contribution in [0.5, 0.6) is 0 Å². The lowest BCUT2D eigenvalue weighted by Crippen LogP contribution is -2.35. The van der Waals surface area contributed by atoms with Crippen molar-refractivity contribution in [3.8, 4) is 0 Å². The summed E-state index contributed by atoms with van der Waals surface area (Å²) in [5.74, 6) is 1.38. The minimum Gasteiger partial charge on any atom is -0.356 e. The smallest absolute Gasteiger partial charge is 0.167 e. The predicted octanol–water partition coefficient (Wildman–Crippen LogP) is 4.99. The van der Waals surface area contributed by atoms with Gasteiger partial charge in [0.15, 0.2) is 5.58 Å². The second-order valence-electron chi connectivity index (χ2n) is 7.89. The van der Waals surface area contributed by atoms with Gasteiger partial charge in [0.1, 0.15) is 0 Å². The second-order valence-corrected chi connectivity index (χ2v) is 8.33. The maximum absolute atomic E-state index is 6.15. The van der Waals surface area contributed by atoms with Gasteiger partial charge in [-0.1, -0.05) is 16.8 Å². The predicted molar refractivity (Wildman–Crippen MR) is 109 cm³/mol. The lowest BCUT2D eigenvalue weighted by atomic mass is 9.84. The molecule has 0 bridgehead atoms. The molecule has 2 heterocycles. The Morgan fingerprint density at radius 3 is 2.58 bits per heavy atom. The van der Waals surface area contributed by atoms with Gasteiger partial charge >= 0.3 is 0 Å². The molecule has 1 saturated heterocycles. The van der Waals surface area contributed by atoms with Crippen molar-refractivity contribution < 1.29 is 4.52 Å². The van der Waals surface area contributed by atoms with Gasteiger partial charge in [-0.2, -0.15) is 0 Å². The molecule has 1 aliphatic carbocycles. The van der Waals surface area contributed by atoms with Crippen LogP contribution in [0.2, 0.25) is 5.02 Å². The molecule has 1 aliphatic heterocycles. The van der Waals surface area contributed by atoms with E-state index in [2.05, 4.69) is 10.1 Å². The van der Waals surface area contributed by atoms with Crippen LogP contribution in [0, 0.1) is 5.92 Å². The van der Waals surface area contributed by atoms with E-state index in [1.165, 1.54) is 38.6 Å². The summed E-state index contributed by atoms with van der Waals surface area (Å²) in [4.78, 5) is 2.63. The summed E-state index contributed by atoms with van der Waals surface area (Å²) in [5.41, 5.74) is 7.95. The van der Waals surface area contributed by atoms with E-state index in [4.69, 9.17) is 21.9 Å². The van der Waals surface area contributed by atoms with E-state index in [1.807, 2.05) is 18.2 Å². The third-order valence-corrected chi connectivity index (χ3v) is 6.41. The summed E-state index contributed by atoms with van der Waals surface area (Å²) in [6, 6.07) is 6.22. The van der Waals surface area contributed by atoms with Crippen LogP contribution in [-0.2, 0) is 0 Å². The molecule has 2 N–H and O–H groups in total. The number of hydrogen-bond donors (Lipinski definition) is 1. The van der Waals surface area contributed by atoms with Crippen LogP contribution in [0.3, 0.4) is 0 Å². The molecular weight excluding hydrogens is 369 g/mol. The molecule has 26 heavy (non-hydrogen) atoms. The maximum Gasteiger partial charge on any atom is 0.167 e. The minimum absolute atomic E-state index is 0. The van der Waals surface area contributed by atoms with Gasteiger partial charge in [-0.05, 0) is 88.7 Å². The first-order chi connectivity index (χ1) is 12.2. The normalized spacial score (nSPS) is 25.3. The van der Waals surface area contributed by atoms with E-state index in [0.29, 0.717) is 12.0 Å². The van der Waals surface area contributed by atoms with Crippen LogP contribution in [0.15, 0.2) is 22.7 Å². The zero-order valence-corrected chi connectivity index (χ0v) is 16.8. The van der Waals surface area contributed by atoms with E-state index in [9.17, 15) is 0 Å². The van der Waals surface area contributed by atoms with Crippen molar-refractivity contribution >= 4 is 35.0 Å². The number of aromatic nitrogens is 1. The summed E-state index contributed by atoms with van der Waals surface area (Å²) < 4.78 is 5.49. The minimum atomic E-state index is 0. The quantitative estimate of drug-likeness (QED) is 0.788. The van der Waals surface area contributed by atoms with E-state index in [-0.39, 0.29) is 12.4 Å². The van der Waals surface area contributed by atoms with Crippen molar-refractivity contribution in [2.75, 3.05) is 19.6 Å². The molecule has 144 valence electrons. The number of nitrogens with zero attached hydrogens (tertiary/aromatic N) is 2. The Hall–Kier alpha value is -0.810. The van der Waals surface area contributed by atoms with Gasteiger partial charge in [0.25, 0.3) is 0 Å². The lowest BCUT2D eigenvalue weighted by molar-refractivity contribution is 0.184. The average molecular weight is 398 g/mol. The first-order valence-corrected chi connectivity index (χ1v) is 10.1. The highest BCUT2D eigenvalue weighted by Gasteiger charge is 2.26. The molecule has 4 nitrogen and oxygen atoms in total. The van der Waals surface area contributed by atoms with Crippen molar-refractivity contribution in [3.63, 3.8) is 0 Å². The molecule has 4 rings (SSSR count). The zero-order valence-electron chi connectivity index (χ0n) is 15.2. The van der Waals surface area contributed by atoms with Crippen LogP contribution >= 0.6 is 24.0 Å². The molecule has 6 heteroatoms. The number of rotatable bonds is 4. The molecule has 2 aromatic rings.